The molecule has 1 fully saturated rings. The minimum atomic E-state index is -1.30. The largest absolute Gasteiger partial charge is 0.451 e. The molecule has 4 amide bonds. The van der Waals surface area contributed by atoms with Gasteiger partial charge < -0.3 is 15.4 Å². The lowest BCUT2D eigenvalue weighted by Crippen LogP contribution is -2.62. The van der Waals surface area contributed by atoms with E-state index >= 15 is 0 Å². The first-order valence-electron chi connectivity index (χ1n) is 16.8. The fraction of sp³-hybridized carbons (Fsp3) is 0.405. The van der Waals surface area contributed by atoms with Gasteiger partial charge in [0.15, 0.2) is 6.10 Å². The first-order valence-corrected chi connectivity index (χ1v) is 16.8. The zero-order valence-corrected chi connectivity index (χ0v) is 29.3. The lowest BCUT2D eigenvalue weighted by atomic mass is 9.92. The number of amides is 4. The van der Waals surface area contributed by atoms with E-state index in [0.717, 1.165) is 10.9 Å². The van der Waals surface area contributed by atoms with Gasteiger partial charge in [-0.25, -0.2) is 10.4 Å². The average molecular weight is 684 g/mol. The number of carbonyl (C=O) groups excluding carboxylic acids is 5. The van der Waals surface area contributed by atoms with Crippen LogP contribution in [0.2, 0.25) is 0 Å². The Morgan fingerprint density at radius 3 is 2.58 bits per heavy atom. The Bertz CT molecular complexity index is 1820. The molecule has 3 atom stereocenters. The summed E-state index contributed by atoms with van der Waals surface area (Å²) in [5.74, 6) is -1.98. The van der Waals surface area contributed by atoms with Gasteiger partial charge >= 0.3 is 5.97 Å². The smallest absolute Gasteiger partial charge is 0.316 e. The van der Waals surface area contributed by atoms with E-state index < -0.39 is 41.4 Å². The van der Waals surface area contributed by atoms with Gasteiger partial charge in [0.05, 0.1) is 10.9 Å². The van der Waals surface area contributed by atoms with E-state index in [2.05, 4.69) is 21.5 Å². The van der Waals surface area contributed by atoms with Crippen molar-refractivity contribution in [1.29, 1.82) is 0 Å². The van der Waals surface area contributed by atoms with Crippen LogP contribution in [-0.4, -0.2) is 71.4 Å². The van der Waals surface area contributed by atoms with Crippen molar-refractivity contribution in [2.75, 3.05) is 23.9 Å². The molecule has 0 radical (unpaired) electrons. The van der Waals surface area contributed by atoms with Crippen molar-refractivity contribution < 1.29 is 28.7 Å². The van der Waals surface area contributed by atoms with E-state index in [1.165, 1.54) is 16.9 Å². The summed E-state index contributed by atoms with van der Waals surface area (Å²) in [6.45, 7) is 8.83. The number of esters is 1. The zero-order chi connectivity index (χ0) is 36.2. The van der Waals surface area contributed by atoms with E-state index in [1.807, 2.05) is 24.3 Å². The molecule has 2 aliphatic rings. The number of ether oxygens (including phenoxy) is 1. The average Bonchev–Trinajstić information content (AvgIpc) is 3.09. The fourth-order valence-electron chi connectivity index (χ4n) is 5.57. The molecular formula is C37H45N7O6. The standard InChI is InChI=1S/C37H45N7O6/c1-22(2)32(45)39-27-10-7-9-25(19-27)21-30-34(47)38-23(3)35(48)44-18-8-11-28(41-44)33(46)42-43(6)31-15-14-26-13-12-24(20-29(26)40-31)16-17-37(4,5)36(49)50-30/h7,9-10,12-17,19-20,22-23,28,30,41H,8,11,18,21H2,1-6H3,(H,38,47)(H,39,45)(H,42,46)/b17-16+/t23-,28-,30-/m0/s1. The number of hydrogen-bond acceptors (Lipinski definition) is 9. The van der Waals surface area contributed by atoms with Gasteiger partial charge in [0, 0.05) is 37.0 Å². The number of nitrogens with zero attached hydrogens (tertiary/aromatic N) is 3. The van der Waals surface area contributed by atoms with Crippen molar-refractivity contribution in [1.82, 2.24) is 26.2 Å². The first kappa shape index (κ1) is 36.0. The number of benzene rings is 2. The number of cyclic esters (lactones) is 1. The zero-order valence-electron chi connectivity index (χ0n) is 29.3. The number of carbonyl (C=O) groups is 5. The molecule has 264 valence electrons. The molecule has 13 heteroatoms. The van der Waals surface area contributed by atoms with E-state index in [1.54, 1.807) is 77.2 Å². The molecule has 50 heavy (non-hydrogen) atoms. The molecule has 3 aromatic rings. The number of hydrazine groups is 2. The van der Waals surface area contributed by atoms with Crippen molar-refractivity contribution in [3.63, 3.8) is 0 Å². The predicted molar refractivity (Wildman–Crippen MR) is 190 cm³/mol. The molecule has 3 heterocycles. The Hall–Kier alpha value is -5.30. The molecule has 5 bridgehead atoms. The second kappa shape index (κ2) is 15.1. The normalized spacial score (nSPS) is 22.5. The lowest BCUT2D eigenvalue weighted by Gasteiger charge is -2.35. The van der Waals surface area contributed by atoms with E-state index in [9.17, 15) is 24.0 Å². The van der Waals surface area contributed by atoms with Gasteiger partial charge in [-0.2, -0.15) is 0 Å². The van der Waals surface area contributed by atoms with Crippen LogP contribution in [0, 0.1) is 11.3 Å². The molecule has 2 aliphatic heterocycles. The molecule has 0 spiro atoms. The molecule has 1 aromatic heterocycles. The Kier molecular flexibility index (Phi) is 10.9. The second-order valence-electron chi connectivity index (χ2n) is 13.7. The molecule has 2 aromatic carbocycles. The van der Waals surface area contributed by atoms with E-state index in [0.29, 0.717) is 42.0 Å². The van der Waals surface area contributed by atoms with Crippen molar-refractivity contribution in [3.8, 4) is 0 Å². The Labute approximate surface area is 291 Å². The molecule has 0 aliphatic carbocycles. The highest BCUT2D eigenvalue weighted by Crippen LogP contribution is 2.25. The number of fused-ring (bicyclic) bond motifs is 4. The minimum absolute atomic E-state index is 0.0138. The van der Waals surface area contributed by atoms with E-state index in [-0.39, 0.29) is 24.2 Å². The summed E-state index contributed by atoms with van der Waals surface area (Å²) >= 11 is 0. The Morgan fingerprint density at radius 1 is 1.06 bits per heavy atom. The van der Waals surface area contributed by atoms with Crippen LogP contribution in [0.4, 0.5) is 11.5 Å². The Balaban J connectivity index is 1.48. The first-order chi connectivity index (χ1) is 23.7. The third-order valence-corrected chi connectivity index (χ3v) is 8.72. The summed E-state index contributed by atoms with van der Waals surface area (Å²) in [4.78, 5) is 71.4. The van der Waals surface area contributed by atoms with Crippen molar-refractivity contribution >= 4 is 58.1 Å². The second-order valence-corrected chi connectivity index (χ2v) is 13.7. The number of pyridine rings is 1. The van der Waals surface area contributed by atoms with Crippen molar-refractivity contribution in [3.05, 3.63) is 71.8 Å². The van der Waals surface area contributed by atoms with Gasteiger partial charge in [-0.15, -0.1) is 0 Å². The number of aromatic nitrogens is 1. The van der Waals surface area contributed by atoms with Crippen LogP contribution in [0.5, 0.6) is 0 Å². The highest BCUT2D eigenvalue weighted by molar-refractivity contribution is 5.93. The number of nitrogens with one attached hydrogen (secondary N) is 4. The van der Waals surface area contributed by atoms with Gasteiger partial charge in [-0.05, 0) is 75.1 Å². The third-order valence-electron chi connectivity index (χ3n) is 8.72. The maximum Gasteiger partial charge on any atom is 0.316 e. The van der Waals surface area contributed by atoms with Crippen LogP contribution >= 0.6 is 0 Å². The molecule has 0 saturated carbocycles. The summed E-state index contributed by atoms with van der Waals surface area (Å²) in [7, 11) is 1.69. The van der Waals surface area contributed by atoms with Crippen LogP contribution in [0.3, 0.4) is 0 Å². The van der Waals surface area contributed by atoms with Gasteiger partial charge in [-0.1, -0.05) is 50.3 Å². The monoisotopic (exact) mass is 683 g/mol. The maximum atomic E-state index is 13.8. The molecule has 13 nitrogen and oxygen atoms in total. The SMILES string of the molecule is CC(C)C(=O)Nc1cccc(C[C@@H]2OC(=O)C(C)(C)/C=C/c3ccc4ccc(nc4c3)N(C)NC(=O)[C@@H]3CCCN(N3)C(=O)[C@H](C)NC2=O)c1. The van der Waals surface area contributed by atoms with Gasteiger partial charge in [0.2, 0.25) is 5.91 Å². The highest BCUT2D eigenvalue weighted by atomic mass is 16.5. The molecule has 0 unspecified atom stereocenters. The molecule has 1 saturated heterocycles. The van der Waals surface area contributed by atoms with Crippen LogP contribution in [0.1, 0.15) is 58.6 Å². The number of anilines is 2. The van der Waals surface area contributed by atoms with Crippen LogP contribution in [0.25, 0.3) is 17.0 Å². The summed E-state index contributed by atoms with van der Waals surface area (Å²) in [6, 6.07) is 14.7. The summed E-state index contributed by atoms with van der Waals surface area (Å²) in [5, 5.41) is 9.33. The molecular weight excluding hydrogens is 638 g/mol. The fourth-order valence-corrected chi connectivity index (χ4v) is 5.57. The van der Waals surface area contributed by atoms with Crippen LogP contribution in [0.15, 0.2) is 60.7 Å². The summed E-state index contributed by atoms with van der Waals surface area (Å²) in [6.07, 6.45) is 3.24. The quantitative estimate of drug-likeness (QED) is 0.302. The van der Waals surface area contributed by atoms with Crippen LogP contribution in [-0.2, 0) is 35.1 Å². The van der Waals surface area contributed by atoms with Gasteiger partial charge in [0.25, 0.3) is 17.7 Å². The topological polar surface area (TPSA) is 162 Å². The van der Waals surface area contributed by atoms with E-state index in [4.69, 9.17) is 9.72 Å². The van der Waals surface area contributed by atoms with Gasteiger partial charge in [-0.3, -0.25) is 39.4 Å². The van der Waals surface area contributed by atoms with Crippen molar-refractivity contribution in [2.24, 2.45) is 11.3 Å². The summed E-state index contributed by atoms with van der Waals surface area (Å²) in [5.41, 5.74) is 7.36. The van der Waals surface area contributed by atoms with Crippen molar-refractivity contribution in [2.45, 2.75) is 72.1 Å². The highest BCUT2D eigenvalue weighted by Gasteiger charge is 2.35. The summed E-state index contributed by atoms with van der Waals surface area (Å²) < 4.78 is 5.91. The lowest BCUT2D eigenvalue weighted by molar-refractivity contribution is -0.162. The molecule has 5 rings (SSSR count). The minimum Gasteiger partial charge on any atom is -0.451 e. The Morgan fingerprint density at radius 2 is 1.82 bits per heavy atom. The maximum absolute atomic E-state index is 13.8. The van der Waals surface area contributed by atoms with Crippen LogP contribution < -0.4 is 26.5 Å². The van der Waals surface area contributed by atoms with Gasteiger partial charge in [0.1, 0.15) is 17.9 Å². The number of hydrogen-bond donors (Lipinski definition) is 4. The predicted octanol–water partition coefficient (Wildman–Crippen LogP) is 3.50. The number of rotatable bonds is 4. The molecule has 4 N–H and O–H groups in total. The third kappa shape index (κ3) is 8.64.